The first kappa shape index (κ1) is 20.9. The summed E-state index contributed by atoms with van der Waals surface area (Å²) >= 11 is 0. The van der Waals surface area contributed by atoms with Gasteiger partial charge < -0.3 is 10.6 Å². The summed E-state index contributed by atoms with van der Waals surface area (Å²) in [7, 11) is -1.92. The van der Waals surface area contributed by atoms with E-state index in [0.717, 1.165) is 5.56 Å². The van der Waals surface area contributed by atoms with Gasteiger partial charge in [0.2, 0.25) is 10.0 Å². The van der Waals surface area contributed by atoms with Gasteiger partial charge in [-0.15, -0.1) is 12.4 Å². The Morgan fingerprint density at radius 1 is 1.41 bits per heavy atom. The molecule has 0 saturated carbocycles. The highest BCUT2D eigenvalue weighted by molar-refractivity contribution is 7.89. The second-order valence-electron chi connectivity index (χ2n) is 4.98. The molecular formula is C14H24ClN3O3S. The standard InChI is InChI=1S/C14H23N3O3S.ClH/c1-5-16-21(19,20)12-7-6-10(2)13(8-12)14(18)17(4)11(3)9-15;/h6-8,11,16H,5,9,15H2,1-4H3;1H. The minimum absolute atomic E-state index is 0. The number of carbonyl (C=O) groups excluding carboxylic acids is 1. The predicted molar refractivity (Wildman–Crippen MR) is 89.9 cm³/mol. The van der Waals surface area contributed by atoms with E-state index in [-0.39, 0.29) is 29.3 Å². The van der Waals surface area contributed by atoms with Gasteiger partial charge in [-0.1, -0.05) is 13.0 Å². The fourth-order valence-corrected chi connectivity index (χ4v) is 2.89. The number of aryl methyl sites for hydroxylation is 1. The first-order valence-electron chi connectivity index (χ1n) is 6.82. The van der Waals surface area contributed by atoms with Gasteiger partial charge >= 0.3 is 0 Å². The van der Waals surface area contributed by atoms with Crippen molar-refractivity contribution in [3.8, 4) is 0 Å². The molecule has 1 aromatic rings. The number of carbonyl (C=O) groups is 1. The van der Waals surface area contributed by atoms with Crippen LogP contribution in [-0.2, 0) is 10.0 Å². The number of rotatable bonds is 6. The fourth-order valence-electron chi connectivity index (χ4n) is 1.82. The highest BCUT2D eigenvalue weighted by Gasteiger charge is 2.21. The Balaban J connectivity index is 0.00000441. The average Bonchev–Trinajstić information content (AvgIpc) is 2.45. The van der Waals surface area contributed by atoms with Crippen LogP contribution in [0.25, 0.3) is 0 Å². The summed E-state index contributed by atoms with van der Waals surface area (Å²) in [4.78, 5) is 14.1. The molecule has 0 heterocycles. The van der Waals surface area contributed by atoms with E-state index in [2.05, 4.69) is 4.72 Å². The highest BCUT2D eigenvalue weighted by atomic mass is 35.5. The number of hydrogen-bond acceptors (Lipinski definition) is 4. The Morgan fingerprint density at radius 3 is 2.50 bits per heavy atom. The summed E-state index contributed by atoms with van der Waals surface area (Å²) in [5, 5.41) is 0. The van der Waals surface area contributed by atoms with Gasteiger partial charge in [0.05, 0.1) is 4.90 Å². The SMILES string of the molecule is CCNS(=O)(=O)c1ccc(C)c(C(=O)N(C)C(C)CN)c1.Cl. The van der Waals surface area contributed by atoms with Crippen molar-refractivity contribution >= 4 is 28.3 Å². The summed E-state index contributed by atoms with van der Waals surface area (Å²) in [6.45, 7) is 5.96. The molecule has 0 aromatic heterocycles. The molecule has 0 aliphatic heterocycles. The van der Waals surface area contributed by atoms with Gasteiger partial charge in [0, 0.05) is 31.7 Å². The molecule has 8 heteroatoms. The normalized spacial score (nSPS) is 12.4. The van der Waals surface area contributed by atoms with Crippen LogP contribution in [0, 0.1) is 6.92 Å². The van der Waals surface area contributed by atoms with E-state index in [0.29, 0.717) is 18.7 Å². The molecule has 1 amide bonds. The van der Waals surface area contributed by atoms with Gasteiger partial charge in [-0.3, -0.25) is 4.79 Å². The maximum Gasteiger partial charge on any atom is 0.254 e. The number of likely N-dealkylation sites (N-methyl/N-ethyl adjacent to an activating group) is 1. The predicted octanol–water partition coefficient (Wildman–Crippen LogP) is 1.13. The van der Waals surface area contributed by atoms with Crippen LogP contribution in [0.2, 0.25) is 0 Å². The van der Waals surface area contributed by atoms with Gasteiger partial charge in [0.15, 0.2) is 0 Å². The number of amides is 1. The Labute approximate surface area is 138 Å². The molecule has 3 N–H and O–H groups in total. The molecule has 126 valence electrons. The molecule has 6 nitrogen and oxygen atoms in total. The van der Waals surface area contributed by atoms with Gasteiger partial charge in [0.25, 0.3) is 5.91 Å². The van der Waals surface area contributed by atoms with Crippen LogP contribution in [0.5, 0.6) is 0 Å². The van der Waals surface area contributed by atoms with Gasteiger partial charge in [0.1, 0.15) is 0 Å². The van der Waals surface area contributed by atoms with Crippen LogP contribution in [0.1, 0.15) is 29.8 Å². The lowest BCUT2D eigenvalue weighted by Crippen LogP contribution is -2.40. The maximum atomic E-state index is 12.5. The summed E-state index contributed by atoms with van der Waals surface area (Å²) < 4.78 is 26.5. The molecule has 1 unspecified atom stereocenters. The third-order valence-corrected chi connectivity index (χ3v) is 4.95. The third-order valence-electron chi connectivity index (χ3n) is 3.41. The minimum Gasteiger partial charge on any atom is -0.338 e. The van der Waals surface area contributed by atoms with E-state index in [1.165, 1.54) is 17.0 Å². The van der Waals surface area contributed by atoms with Crippen LogP contribution in [0.4, 0.5) is 0 Å². The average molecular weight is 350 g/mol. The Hall–Kier alpha value is -1.15. The molecule has 0 spiro atoms. The minimum atomic E-state index is -3.58. The summed E-state index contributed by atoms with van der Waals surface area (Å²) in [5.41, 5.74) is 6.67. The molecule has 22 heavy (non-hydrogen) atoms. The zero-order valence-corrected chi connectivity index (χ0v) is 14.9. The van der Waals surface area contributed by atoms with Crippen molar-refractivity contribution < 1.29 is 13.2 Å². The zero-order chi connectivity index (χ0) is 16.2. The second-order valence-corrected chi connectivity index (χ2v) is 6.75. The van der Waals surface area contributed by atoms with Crippen molar-refractivity contribution in [3.63, 3.8) is 0 Å². The molecule has 0 fully saturated rings. The number of benzene rings is 1. The van der Waals surface area contributed by atoms with Gasteiger partial charge in [-0.2, -0.15) is 0 Å². The smallest absolute Gasteiger partial charge is 0.254 e. The fraction of sp³-hybridized carbons (Fsp3) is 0.500. The lowest BCUT2D eigenvalue weighted by molar-refractivity contribution is 0.0747. The van der Waals surface area contributed by atoms with E-state index in [4.69, 9.17) is 5.73 Å². The number of nitrogens with zero attached hydrogens (tertiary/aromatic N) is 1. The number of sulfonamides is 1. The van der Waals surface area contributed by atoms with Gasteiger partial charge in [-0.05, 0) is 31.5 Å². The largest absolute Gasteiger partial charge is 0.338 e. The van der Waals surface area contributed by atoms with Crippen molar-refractivity contribution in [2.24, 2.45) is 5.73 Å². The van der Waals surface area contributed by atoms with Crippen molar-refractivity contribution in [3.05, 3.63) is 29.3 Å². The van der Waals surface area contributed by atoms with E-state index in [9.17, 15) is 13.2 Å². The van der Waals surface area contributed by atoms with Crippen LogP contribution in [0.3, 0.4) is 0 Å². The zero-order valence-electron chi connectivity index (χ0n) is 13.3. The molecule has 0 saturated heterocycles. The quantitative estimate of drug-likeness (QED) is 0.805. The lowest BCUT2D eigenvalue weighted by Gasteiger charge is -2.24. The van der Waals surface area contributed by atoms with Crippen molar-refractivity contribution in [2.75, 3.05) is 20.1 Å². The van der Waals surface area contributed by atoms with Crippen LogP contribution in [-0.4, -0.2) is 45.4 Å². The van der Waals surface area contributed by atoms with Crippen molar-refractivity contribution in [1.82, 2.24) is 9.62 Å². The first-order valence-corrected chi connectivity index (χ1v) is 8.30. The number of nitrogens with two attached hydrogens (primary N) is 1. The Morgan fingerprint density at radius 2 is 2.00 bits per heavy atom. The first-order chi connectivity index (χ1) is 9.74. The molecule has 1 atom stereocenters. The van der Waals surface area contributed by atoms with Crippen LogP contribution in [0.15, 0.2) is 23.1 Å². The highest BCUT2D eigenvalue weighted by Crippen LogP contribution is 2.17. The molecule has 0 aliphatic carbocycles. The topological polar surface area (TPSA) is 92.5 Å². The molecule has 0 aliphatic rings. The van der Waals surface area contributed by atoms with Gasteiger partial charge in [-0.25, -0.2) is 13.1 Å². The molecule has 0 bridgehead atoms. The number of nitrogens with one attached hydrogen (secondary N) is 1. The lowest BCUT2D eigenvalue weighted by atomic mass is 10.1. The van der Waals surface area contributed by atoms with E-state index in [1.807, 2.05) is 6.92 Å². The van der Waals surface area contributed by atoms with Crippen molar-refractivity contribution in [1.29, 1.82) is 0 Å². The molecular weight excluding hydrogens is 326 g/mol. The maximum absolute atomic E-state index is 12.5. The monoisotopic (exact) mass is 349 g/mol. The summed E-state index contributed by atoms with van der Waals surface area (Å²) in [5.74, 6) is -0.237. The van der Waals surface area contributed by atoms with Crippen molar-refractivity contribution in [2.45, 2.75) is 31.7 Å². The van der Waals surface area contributed by atoms with E-state index < -0.39 is 10.0 Å². The molecule has 0 radical (unpaired) electrons. The summed E-state index contributed by atoms with van der Waals surface area (Å²) in [6, 6.07) is 4.43. The molecule has 1 aromatic carbocycles. The van der Waals surface area contributed by atoms with Crippen LogP contribution >= 0.6 is 12.4 Å². The third kappa shape index (κ3) is 4.67. The van der Waals surface area contributed by atoms with E-state index >= 15 is 0 Å². The Kier molecular flexibility index (Phi) is 8.03. The van der Waals surface area contributed by atoms with E-state index in [1.54, 1.807) is 27.0 Å². The van der Waals surface area contributed by atoms with Crippen LogP contribution < -0.4 is 10.5 Å². The molecule has 1 rings (SSSR count). The number of halogens is 1. The second kappa shape index (κ2) is 8.47. The Bertz CT molecular complexity index is 620. The summed E-state index contributed by atoms with van der Waals surface area (Å²) in [6.07, 6.45) is 0. The number of hydrogen-bond donors (Lipinski definition) is 2.